The lowest BCUT2D eigenvalue weighted by Crippen LogP contribution is -2.66. The molecule has 22 nitrogen and oxygen atoms in total. The molecule has 0 spiro atoms. The molecular weight excluding hydrogens is 965 g/mol. The molecule has 0 aromatic heterocycles. The molecule has 5 saturated heterocycles. The highest BCUT2D eigenvalue weighted by atomic mass is 16.8. The Morgan fingerprint density at radius 2 is 1.37 bits per heavy atom. The van der Waals surface area contributed by atoms with Gasteiger partial charge < -0.3 is 109 Å². The van der Waals surface area contributed by atoms with Gasteiger partial charge in [0.25, 0.3) is 0 Å². The van der Waals surface area contributed by atoms with Crippen molar-refractivity contribution in [3.63, 3.8) is 0 Å². The fourth-order valence-electron chi connectivity index (χ4n) is 15.0. The molecule has 5 aliphatic heterocycles. The van der Waals surface area contributed by atoms with Gasteiger partial charge in [0.05, 0.1) is 44.7 Å². The molecule has 73 heavy (non-hydrogen) atoms. The Kier molecular flexibility index (Phi) is 17.2. The largest absolute Gasteiger partial charge is 0.394 e. The van der Waals surface area contributed by atoms with Gasteiger partial charge in [0.1, 0.15) is 85.5 Å². The lowest BCUT2D eigenvalue weighted by molar-refractivity contribution is -0.385. The first kappa shape index (κ1) is 56.6. The summed E-state index contributed by atoms with van der Waals surface area (Å²) < 4.78 is 61.1. The van der Waals surface area contributed by atoms with Gasteiger partial charge in [-0.05, 0) is 98.7 Å². The molecule has 5 heterocycles. The number of aliphatic hydroxyl groups excluding tert-OH is 12. The second kappa shape index (κ2) is 22.2. The minimum absolute atomic E-state index is 0.00549. The van der Waals surface area contributed by atoms with Gasteiger partial charge in [-0.3, -0.25) is 0 Å². The lowest BCUT2D eigenvalue weighted by Gasteiger charge is -2.58. The van der Waals surface area contributed by atoms with Crippen LogP contribution in [-0.4, -0.2) is 230 Å². The zero-order valence-electron chi connectivity index (χ0n) is 42.8. The highest BCUT2D eigenvalue weighted by molar-refractivity contribution is 5.26. The molecule has 9 rings (SSSR count). The van der Waals surface area contributed by atoms with Crippen molar-refractivity contribution in [1.29, 1.82) is 0 Å². The number of hydrogen-bond donors (Lipinski definition) is 12. The molecule has 0 radical (unpaired) electrons. The van der Waals surface area contributed by atoms with Crippen LogP contribution in [0.5, 0.6) is 0 Å². The van der Waals surface area contributed by atoms with Crippen LogP contribution in [0.25, 0.3) is 0 Å². The normalized spacial score (nSPS) is 54.5. The van der Waals surface area contributed by atoms with Crippen molar-refractivity contribution in [2.24, 2.45) is 46.3 Å². The van der Waals surface area contributed by atoms with E-state index in [4.69, 9.17) is 47.4 Å². The first-order chi connectivity index (χ1) is 34.6. The van der Waals surface area contributed by atoms with Crippen molar-refractivity contribution in [2.45, 2.75) is 227 Å². The Bertz CT molecular complexity index is 1880. The highest BCUT2D eigenvalue weighted by Crippen LogP contribution is 2.70. The fraction of sp³-hybridized carbons (Fsp3) is 0.961. The van der Waals surface area contributed by atoms with E-state index in [2.05, 4.69) is 26.8 Å². The van der Waals surface area contributed by atoms with Gasteiger partial charge in [-0.15, -0.1) is 0 Å². The van der Waals surface area contributed by atoms with Gasteiger partial charge in [-0.1, -0.05) is 39.3 Å². The third kappa shape index (κ3) is 10.2. The quantitative estimate of drug-likeness (QED) is 0.0813. The topological polar surface area (TPSA) is 335 Å². The number of aliphatic hydroxyl groups is 12. The van der Waals surface area contributed by atoms with Crippen molar-refractivity contribution >= 4 is 0 Å². The van der Waals surface area contributed by atoms with E-state index < -0.39 is 142 Å². The minimum atomic E-state index is -1.74. The Hall–Kier alpha value is -1.14. The average Bonchev–Trinajstić information content (AvgIpc) is 3.83. The van der Waals surface area contributed by atoms with Crippen LogP contribution in [0.15, 0.2) is 11.6 Å². The molecule has 12 N–H and O–H groups in total. The summed E-state index contributed by atoms with van der Waals surface area (Å²) in [6, 6.07) is 0. The van der Waals surface area contributed by atoms with Gasteiger partial charge in [0, 0.05) is 19.4 Å². The van der Waals surface area contributed by atoms with E-state index in [-0.39, 0.29) is 47.9 Å². The Balaban J connectivity index is 0.851. The second-order valence-corrected chi connectivity index (χ2v) is 23.6. The van der Waals surface area contributed by atoms with Crippen molar-refractivity contribution in [2.75, 3.05) is 33.5 Å². The molecule has 22 heteroatoms. The summed E-state index contributed by atoms with van der Waals surface area (Å²) in [7, 11) is 1.72. The fourth-order valence-corrected chi connectivity index (χ4v) is 15.0. The standard InChI is InChI=1S/C51H84O22/c1-21(19-65-45-40(61)38(59)36(57)31(17-52)69-45)9-14-51(64-6)22(2)33-30(73-51)16-28-26-8-7-24-15-25(10-12-49(24,4)27(26)11-13-50(28,33)5)68-48-44(72-47-41(62)37(58)34(55)23(3)67-47)42(63)43(32(18-53)70-48)71-46-39(60)35(56)29(54)20-66-46/h7,21-23,25-48,52-63H,8-20H2,1-6H3/t21-,22-,23-,25+,26+,27-,28-,29-,30-,31-,32-,33-,34-,35+,36-,37+,38+,39-,40-,41-,42+,43-,44-,45-,46+,47+,48-,49+,50+,51+/m0/s1. The number of methoxy groups -OCH3 is 1. The molecule has 0 bridgehead atoms. The summed E-state index contributed by atoms with van der Waals surface area (Å²) in [6.07, 6.45) is -18.3. The van der Waals surface area contributed by atoms with Crippen LogP contribution in [0.1, 0.15) is 92.4 Å². The van der Waals surface area contributed by atoms with Gasteiger partial charge >= 0.3 is 0 Å². The highest BCUT2D eigenvalue weighted by Gasteiger charge is 2.68. The third-order valence-corrected chi connectivity index (χ3v) is 19.4. The summed E-state index contributed by atoms with van der Waals surface area (Å²) in [6.45, 7) is 9.23. The molecule has 9 aliphatic rings. The average molecular weight is 1050 g/mol. The number of ether oxygens (including phenoxy) is 10. The number of fused-ring (bicyclic) bond motifs is 7. The van der Waals surface area contributed by atoms with Crippen LogP contribution >= 0.6 is 0 Å². The zero-order chi connectivity index (χ0) is 52.6. The van der Waals surface area contributed by atoms with E-state index in [1.54, 1.807) is 7.11 Å². The molecule has 0 aromatic rings. The molecule has 0 aromatic carbocycles. The summed E-state index contributed by atoms with van der Waals surface area (Å²) >= 11 is 0. The number of hydrogen-bond acceptors (Lipinski definition) is 22. The maximum Gasteiger partial charge on any atom is 0.187 e. The van der Waals surface area contributed by atoms with Crippen molar-refractivity contribution in [3.8, 4) is 0 Å². The van der Waals surface area contributed by atoms with Gasteiger partial charge in [0.2, 0.25) is 0 Å². The van der Waals surface area contributed by atoms with Crippen molar-refractivity contribution in [3.05, 3.63) is 11.6 Å². The van der Waals surface area contributed by atoms with Gasteiger partial charge in [0.15, 0.2) is 30.9 Å². The van der Waals surface area contributed by atoms with Gasteiger partial charge in [-0.2, -0.15) is 0 Å². The number of allylic oxidation sites excluding steroid dienone is 1. The van der Waals surface area contributed by atoms with Gasteiger partial charge in [-0.25, -0.2) is 0 Å². The van der Waals surface area contributed by atoms with Crippen molar-refractivity contribution in [1.82, 2.24) is 0 Å². The zero-order valence-corrected chi connectivity index (χ0v) is 42.8. The van der Waals surface area contributed by atoms with Crippen LogP contribution in [0.4, 0.5) is 0 Å². The predicted molar refractivity (Wildman–Crippen MR) is 249 cm³/mol. The Morgan fingerprint density at radius 3 is 2.08 bits per heavy atom. The maximum absolute atomic E-state index is 12.0. The van der Waals surface area contributed by atoms with Crippen molar-refractivity contribution < 1.29 is 109 Å². The summed E-state index contributed by atoms with van der Waals surface area (Å²) in [5.41, 5.74) is 1.20. The lowest BCUT2D eigenvalue weighted by atomic mass is 9.47. The first-order valence-corrected chi connectivity index (χ1v) is 26.7. The Labute approximate surface area is 426 Å². The van der Waals surface area contributed by atoms with E-state index in [1.165, 1.54) is 12.5 Å². The van der Waals surface area contributed by atoms with E-state index in [0.717, 1.165) is 32.1 Å². The van der Waals surface area contributed by atoms with Crippen LogP contribution < -0.4 is 0 Å². The molecule has 4 aliphatic carbocycles. The number of rotatable bonds is 15. The molecule has 420 valence electrons. The smallest absolute Gasteiger partial charge is 0.187 e. The monoisotopic (exact) mass is 1050 g/mol. The summed E-state index contributed by atoms with van der Waals surface area (Å²) in [4.78, 5) is 0. The minimum Gasteiger partial charge on any atom is -0.394 e. The van der Waals surface area contributed by atoms with Crippen LogP contribution in [-0.2, 0) is 47.4 Å². The van der Waals surface area contributed by atoms with E-state index in [0.29, 0.717) is 43.4 Å². The SMILES string of the molecule is CO[C@]1(CC[C@H](C)CO[C@H]2O[C@@H](CO)[C@H](O)[C@@H](O)[C@@H]2O)O[C@H]2C[C@H]3[C@@H]4CC=C5C[C@H](O[C@H]6O[C@@H](CO)[C@H](O[C@H]7OC[C@H](O)[C@@H](O)[C@@H]7O)[C@@H](O)[C@@H]6O[C@H]6O[C@@H](C)[C@H](O)[C@@H](O)[C@@H]6O)CC[C@@]5(C)[C@H]4CC[C@@]3(C)[C@H]2[C@@H]1C. The maximum atomic E-state index is 12.0. The predicted octanol–water partition coefficient (Wildman–Crippen LogP) is -1.71. The third-order valence-electron chi connectivity index (χ3n) is 19.4. The molecule has 0 amide bonds. The molecule has 8 fully saturated rings. The van der Waals surface area contributed by atoms with E-state index in [1.807, 2.05) is 6.92 Å². The Morgan fingerprint density at radius 1 is 0.699 bits per heavy atom. The van der Waals surface area contributed by atoms with Crippen LogP contribution in [0.3, 0.4) is 0 Å². The summed E-state index contributed by atoms with van der Waals surface area (Å²) in [5, 5.41) is 126. The van der Waals surface area contributed by atoms with Crippen LogP contribution in [0.2, 0.25) is 0 Å². The molecule has 0 unspecified atom stereocenters. The molecular formula is C51H84O22. The molecule has 3 saturated carbocycles. The van der Waals surface area contributed by atoms with Crippen LogP contribution in [0, 0.1) is 46.3 Å². The second-order valence-electron chi connectivity index (χ2n) is 23.6. The van der Waals surface area contributed by atoms with E-state index >= 15 is 0 Å². The molecule has 30 atom stereocenters. The first-order valence-electron chi connectivity index (χ1n) is 26.7. The summed E-state index contributed by atoms with van der Waals surface area (Å²) in [5.74, 6) is 0.894. The van der Waals surface area contributed by atoms with E-state index in [9.17, 15) is 61.3 Å².